The molecule has 2 saturated heterocycles. The molecule has 0 aromatic heterocycles. The summed E-state index contributed by atoms with van der Waals surface area (Å²) in [5, 5.41) is 86.7. The highest BCUT2D eigenvalue weighted by Crippen LogP contribution is 2.30. The summed E-state index contributed by atoms with van der Waals surface area (Å²) in [6.07, 6.45) is 58.3. The molecule has 1 amide bonds. The van der Waals surface area contributed by atoms with E-state index in [2.05, 4.69) is 141 Å². The number of ether oxygens (including phenoxy) is 4. The van der Waals surface area contributed by atoms with E-state index in [1.54, 1.807) is 6.08 Å². The van der Waals surface area contributed by atoms with Crippen molar-refractivity contribution >= 4 is 5.91 Å². The van der Waals surface area contributed by atoms with Crippen molar-refractivity contribution in [2.24, 2.45) is 0 Å². The largest absolute Gasteiger partial charge is 0.394 e. The maximum atomic E-state index is 13.2. The van der Waals surface area contributed by atoms with Gasteiger partial charge >= 0.3 is 0 Å². The standard InChI is InChI=1S/C67H109NO13/c1-3-5-7-9-11-13-14-15-16-17-18-19-20-21-22-23-24-25-26-27-28-29-30-31-32-33-34-35-36-37-38-39-40-41-42-43-45-47-49-51-59(72)68-55(56(71)50-48-46-44-12-10-8-6-4-2)54-78-66-64(77)62(75)65(58(53-70)80-66)81-67-63(76)61(74)60(73)57(52-69)79-67/h5,7,10-13,15-16,18-19,21-22,24-25,27-28,30-31,33-34,48,50,55-58,60-67,69-71,73-77H,3-4,6,8-9,14,17,20,23,26,29,32,35-47,49,51-54H2,1-2H3,(H,68,72)/b7-5-,12-10+,13-11-,16-15-,19-18-,22-21-,25-24-,28-27-,31-30-,34-33-,50-48+. The van der Waals surface area contributed by atoms with E-state index in [1.807, 2.05) is 6.08 Å². The van der Waals surface area contributed by atoms with Crippen molar-refractivity contribution in [3.05, 3.63) is 134 Å². The number of aliphatic hydroxyl groups is 8. The number of hydrogen-bond donors (Lipinski definition) is 9. The van der Waals surface area contributed by atoms with Gasteiger partial charge in [-0.2, -0.15) is 0 Å². The summed E-state index contributed by atoms with van der Waals surface area (Å²) in [4.78, 5) is 13.2. The van der Waals surface area contributed by atoms with Crippen LogP contribution >= 0.6 is 0 Å². The maximum absolute atomic E-state index is 13.2. The monoisotopic (exact) mass is 1140 g/mol. The fraction of sp³-hybridized carbons (Fsp3) is 0.657. The first-order chi connectivity index (χ1) is 39.6. The summed E-state index contributed by atoms with van der Waals surface area (Å²) in [5.74, 6) is -0.263. The van der Waals surface area contributed by atoms with Crippen LogP contribution in [0.25, 0.3) is 0 Å². The van der Waals surface area contributed by atoms with Gasteiger partial charge in [-0.1, -0.05) is 218 Å². The SMILES string of the molecule is CC/C=C\C/C=C\C/C=C\C/C=C\C/C=C\C/C=C\C/C=C\C/C=C\C/C=C\CCCCCCCCCCCCCC(=O)NC(COC1OC(CO)C(OC2OC(CO)C(O)C(O)C2O)C(O)C1O)C(O)/C=C/CC/C=C/CCCC. The van der Waals surface area contributed by atoms with Gasteiger partial charge in [0.2, 0.25) is 5.91 Å². The van der Waals surface area contributed by atoms with Crippen LogP contribution < -0.4 is 5.32 Å². The van der Waals surface area contributed by atoms with Crippen LogP contribution in [-0.4, -0.2) is 140 Å². The second-order valence-corrected chi connectivity index (χ2v) is 21.1. The third-order valence-corrected chi connectivity index (χ3v) is 14.1. The Kier molecular flexibility index (Phi) is 45.8. The molecule has 0 saturated carbocycles. The molecule has 12 atom stereocenters. The van der Waals surface area contributed by atoms with Gasteiger partial charge in [0, 0.05) is 6.42 Å². The predicted octanol–water partition coefficient (Wildman–Crippen LogP) is 11.2. The molecule has 14 nitrogen and oxygen atoms in total. The molecule has 2 fully saturated rings. The van der Waals surface area contributed by atoms with Crippen LogP contribution in [0, 0.1) is 0 Å². The molecule has 0 aromatic carbocycles. The lowest BCUT2D eigenvalue weighted by Crippen LogP contribution is -2.65. The summed E-state index contributed by atoms with van der Waals surface area (Å²) in [6.45, 7) is 2.55. The fourth-order valence-electron chi connectivity index (χ4n) is 9.11. The fourth-order valence-corrected chi connectivity index (χ4v) is 9.11. The van der Waals surface area contributed by atoms with Crippen molar-refractivity contribution in [3.8, 4) is 0 Å². The Balaban J connectivity index is 1.58. The number of nitrogens with one attached hydrogen (secondary N) is 1. The minimum Gasteiger partial charge on any atom is -0.394 e. The molecule has 81 heavy (non-hydrogen) atoms. The zero-order valence-corrected chi connectivity index (χ0v) is 49.5. The first-order valence-electron chi connectivity index (χ1n) is 30.9. The van der Waals surface area contributed by atoms with Crippen molar-refractivity contribution in [1.29, 1.82) is 0 Å². The highest BCUT2D eigenvalue weighted by Gasteiger charge is 2.51. The number of unbranched alkanes of at least 4 members (excludes halogenated alkanes) is 14. The van der Waals surface area contributed by atoms with E-state index in [1.165, 1.54) is 44.9 Å². The van der Waals surface area contributed by atoms with Crippen molar-refractivity contribution in [1.82, 2.24) is 5.32 Å². The van der Waals surface area contributed by atoms with Crippen LogP contribution in [0.3, 0.4) is 0 Å². The van der Waals surface area contributed by atoms with E-state index in [-0.39, 0.29) is 18.9 Å². The molecule has 0 radical (unpaired) electrons. The van der Waals surface area contributed by atoms with E-state index in [9.17, 15) is 45.6 Å². The van der Waals surface area contributed by atoms with Crippen molar-refractivity contribution in [2.75, 3.05) is 19.8 Å². The van der Waals surface area contributed by atoms with Gasteiger partial charge in [-0.15, -0.1) is 0 Å². The van der Waals surface area contributed by atoms with Crippen molar-refractivity contribution < 1.29 is 64.6 Å². The highest BCUT2D eigenvalue weighted by atomic mass is 16.7. The lowest BCUT2D eigenvalue weighted by atomic mass is 9.97. The van der Waals surface area contributed by atoms with Crippen LogP contribution in [0.4, 0.5) is 0 Å². The van der Waals surface area contributed by atoms with Gasteiger partial charge in [-0.05, 0) is 96.3 Å². The first kappa shape index (κ1) is 73.2. The Morgan fingerprint density at radius 2 is 0.864 bits per heavy atom. The van der Waals surface area contributed by atoms with Gasteiger partial charge in [-0.3, -0.25) is 4.79 Å². The summed E-state index contributed by atoms with van der Waals surface area (Å²) < 4.78 is 22.7. The lowest BCUT2D eigenvalue weighted by molar-refractivity contribution is -0.359. The Morgan fingerprint density at radius 3 is 1.36 bits per heavy atom. The highest BCUT2D eigenvalue weighted by molar-refractivity contribution is 5.76. The summed E-state index contributed by atoms with van der Waals surface area (Å²) in [5.41, 5.74) is 0. The number of hydrogen-bond acceptors (Lipinski definition) is 13. The quantitative estimate of drug-likeness (QED) is 0.0204. The Morgan fingerprint density at radius 1 is 0.457 bits per heavy atom. The molecule has 14 heteroatoms. The summed E-state index contributed by atoms with van der Waals surface area (Å²) in [6, 6.07) is -0.939. The topological polar surface area (TPSA) is 228 Å². The summed E-state index contributed by atoms with van der Waals surface area (Å²) >= 11 is 0. The zero-order chi connectivity index (χ0) is 58.8. The molecule has 0 aliphatic carbocycles. The minimum atomic E-state index is -1.80. The molecule has 2 rings (SSSR count). The Bertz CT molecular complexity index is 1870. The van der Waals surface area contributed by atoms with E-state index in [0.29, 0.717) is 12.8 Å². The van der Waals surface area contributed by atoms with Gasteiger partial charge in [0.15, 0.2) is 12.6 Å². The molecule has 0 spiro atoms. The van der Waals surface area contributed by atoms with Crippen LogP contribution in [0.5, 0.6) is 0 Å². The molecular weight excluding hydrogens is 1030 g/mol. The predicted molar refractivity (Wildman–Crippen MR) is 327 cm³/mol. The van der Waals surface area contributed by atoms with Crippen LogP contribution in [0.1, 0.15) is 187 Å². The van der Waals surface area contributed by atoms with Crippen molar-refractivity contribution in [2.45, 2.75) is 261 Å². The van der Waals surface area contributed by atoms with E-state index < -0.39 is 86.8 Å². The van der Waals surface area contributed by atoms with Crippen molar-refractivity contribution in [3.63, 3.8) is 0 Å². The molecule has 2 heterocycles. The van der Waals surface area contributed by atoms with Gasteiger partial charge in [0.25, 0.3) is 0 Å². The average Bonchev–Trinajstić information content (AvgIpc) is 3.51. The number of carbonyl (C=O) groups excluding carboxylic acids is 1. The second-order valence-electron chi connectivity index (χ2n) is 21.1. The van der Waals surface area contributed by atoms with Gasteiger partial charge in [0.1, 0.15) is 48.8 Å². The number of amides is 1. The van der Waals surface area contributed by atoms with Crippen LogP contribution in [0.2, 0.25) is 0 Å². The molecule has 0 bridgehead atoms. The first-order valence-corrected chi connectivity index (χ1v) is 30.9. The molecule has 460 valence electrons. The van der Waals surface area contributed by atoms with E-state index in [4.69, 9.17) is 18.9 Å². The van der Waals surface area contributed by atoms with Gasteiger partial charge in [0.05, 0.1) is 32.0 Å². The molecule has 12 unspecified atom stereocenters. The van der Waals surface area contributed by atoms with Gasteiger partial charge in [-0.25, -0.2) is 0 Å². The maximum Gasteiger partial charge on any atom is 0.220 e. The zero-order valence-electron chi connectivity index (χ0n) is 49.5. The number of aliphatic hydroxyl groups excluding tert-OH is 8. The third-order valence-electron chi connectivity index (χ3n) is 14.1. The van der Waals surface area contributed by atoms with E-state index in [0.717, 1.165) is 109 Å². The third kappa shape index (κ3) is 35.8. The van der Waals surface area contributed by atoms with E-state index >= 15 is 0 Å². The molecule has 2 aliphatic rings. The Hall–Kier alpha value is -3.87. The average molecular weight is 1140 g/mol. The van der Waals surface area contributed by atoms with Crippen LogP contribution in [0.15, 0.2) is 134 Å². The summed E-state index contributed by atoms with van der Waals surface area (Å²) in [7, 11) is 0. The Labute approximate surface area is 488 Å². The smallest absolute Gasteiger partial charge is 0.220 e. The molecular formula is C67H109NO13. The van der Waals surface area contributed by atoms with Gasteiger partial charge < -0.3 is 65.1 Å². The van der Waals surface area contributed by atoms with Crippen LogP contribution in [-0.2, 0) is 23.7 Å². The molecule has 2 aliphatic heterocycles. The number of allylic oxidation sites excluding steroid dienone is 21. The molecule has 9 N–H and O–H groups in total. The number of rotatable bonds is 47. The minimum absolute atomic E-state index is 0.261. The normalized spacial score (nSPS) is 25.1. The number of carbonyl (C=O) groups is 1. The molecule has 0 aromatic rings. The second kappa shape index (κ2) is 50.6. The lowest BCUT2D eigenvalue weighted by Gasteiger charge is -2.46.